The highest BCUT2D eigenvalue weighted by Gasteiger charge is 2.51. The standard InChI is InChI=1S/C19H20N2O3/c1-13-10-11-16-15(12-13)21(4)18(23)19(2,24-16)17(22)20(3)14-8-6-5-7-9-14/h5-12H,1-4H3. The highest BCUT2D eigenvalue weighted by atomic mass is 16.5. The predicted molar refractivity (Wildman–Crippen MR) is 93.5 cm³/mol. The zero-order valence-corrected chi connectivity index (χ0v) is 14.2. The lowest BCUT2D eigenvalue weighted by molar-refractivity contribution is -0.146. The number of ether oxygens (including phenoxy) is 1. The van der Waals surface area contributed by atoms with Crippen molar-refractivity contribution in [2.45, 2.75) is 19.4 Å². The molecule has 1 aliphatic heterocycles. The highest BCUT2D eigenvalue weighted by Crippen LogP contribution is 2.38. The minimum atomic E-state index is -1.60. The zero-order chi connectivity index (χ0) is 17.5. The molecule has 5 nitrogen and oxygen atoms in total. The van der Waals surface area contributed by atoms with Crippen LogP contribution in [0, 0.1) is 6.92 Å². The van der Waals surface area contributed by atoms with Gasteiger partial charge in [-0.05, 0) is 43.7 Å². The summed E-state index contributed by atoms with van der Waals surface area (Å²) in [7, 11) is 3.31. The second-order valence-corrected chi connectivity index (χ2v) is 6.17. The maximum Gasteiger partial charge on any atom is 0.280 e. The zero-order valence-electron chi connectivity index (χ0n) is 14.2. The van der Waals surface area contributed by atoms with E-state index in [-0.39, 0.29) is 5.91 Å². The number of likely N-dealkylation sites (N-methyl/N-ethyl adjacent to an activating group) is 2. The molecule has 0 aliphatic carbocycles. The molecule has 2 aromatic rings. The van der Waals surface area contributed by atoms with Gasteiger partial charge in [0.1, 0.15) is 5.75 Å². The van der Waals surface area contributed by atoms with Gasteiger partial charge in [0, 0.05) is 19.8 Å². The number of fused-ring (bicyclic) bond motifs is 1. The Bertz CT molecular complexity index is 804. The van der Waals surface area contributed by atoms with E-state index in [0.29, 0.717) is 17.1 Å². The van der Waals surface area contributed by atoms with Gasteiger partial charge in [0.15, 0.2) is 0 Å². The number of carbonyl (C=O) groups excluding carboxylic acids is 2. The first-order valence-corrected chi connectivity index (χ1v) is 7.75. The molecule has 0 saturated heterocycles. The number of carbonyl (C=O) groups is 2. The van der Waals surface area contributed by atoms with Crippen molar-refractivity contribution in [2.24, 2.45) is 0 Å². The molecule has 0 fully saturated rings. The van der Waals surface area contributed by atoms with Crippen molar-refractivity contribution in [1.29, 1.82) is 0 Å². The Morgan fingerprint density at radius 1 is 1.17 bits per heavy atom. The summed E-state index contributed by atoms with van der Waals surface area (Å²) in [5.74, 6) is -0.259. The second kappa shape index (κ2) is 5.67. The molecular formula is C19H20N2O3. The summed E-state index contributed by atoms with van der Waals surface area (Å²) in [6.45, 7) is 3.47. The molecule has 0 radical (unpaired) electrons. The molecule has 0 N–H and O–H groups in total. The number of hydrogen-bond acceptors (Lipinski definition) is 3. The van der Waals surface area contributed by atoms with Crippen LogP contribution < -0.4 is 14.5 Å². The van der Waals surface area contributed by atoms with Crippen molar-refractivity contribution in [3.8, 4) is 5.75 Å². The summed E-state index contributed by atoms with van der Waals surface area (Å²) in [6, 6.07) is 14.8. The molecule has 1 unspecified atom stereocenters. The molecule has 0 saturated carbocycles. The molecule has 0 bridgehead atoms. The minimum Gasteiger partial charge on any atom is -0.465 e. The van der Waals surface area contributed by atoms with Crippen molar-refractivity contribution in [1.82, 2.24) is 0 Å². The third kappa shape index (κ3) is 2.42. The Kier molecular flexibility index (Phi) is 3.79. The number of nitrogens with zero attached hydrogens (tertiary/aromatic N) is 2. The third-order valence-electron chi connectivity index (χ3n) is 4.36. The molecule has 2 aromatic carbocycles. The molecule has 3 rings (SSSR count). The van der Waals surface area contributed by atoms with Gasteiger partial charge >= 0.3 is 0 Å². The summed E-state index contributed by atoms with van der Waals surface area (Å²) in [6.07, 6.45) is 0. The molecule has 0 spiro atoms. The van der Waals surface area contributed by atoms with E-state index in [4.69, 9.17) is 4.74 Å². The number of para-hydroxylation sites is 1. The lowest BCUT2D eigenvalue weighted by atomic mass is 9.99. The fraction of sp³-hybridized carbons (Fsp3) is 0.263. The van der Waals surface area contributed by atoms with E-state index >= 15 is 0 Å². The van der Waals surface area contributed by atoms with Crippen LogP contribution in [0.2, 0.25) is 0 Å². The van der Waals surface area contributed by atoms with Crippen LogP contribution >= 0.6 is 0 Å². The SMILES string of the molecule is Cc1ccc2c(c1)N(C)C(=O)C(C)(C(=O)N(C)c1ccccc1)O2. The summed E-state index contributed by atoms with van der Waals surface area (Å²) < 4.78 is 5.88. The van der Waals surface area contributed by atoms with Gasteiger partial charge in [-0.15, -0.1) is 0 Å². The topological polar surface area (TPSA) is 49.9 Å². The van der Waals surface area contributed by atoms with Gasteiger partial charge in [-0.2, -0.15) is 0 Å². The third-order valence-corrected chi connectivity index (χ3v) is 4.36. The van der Waals surface area contributed by atoms with Crippen molar-refractivity contribution in [3.05, 3.63) is 54.1 Å². The summed E-state index contributed by atoms with van der Waals surface area (Å²) in [5.41, 5.74) is 0.806. The van der Waals surface area contributed by atoms with Crippen LogP contribution in [0.4, 0.5) is 11.4 Å². The first kappa shape index (κ1) is 16.1. The van der Waals surface area contributed by atoms with Crippen LogP contribution in [0.5, 0.6) is 5.75 Å². The largest absolute Gasteiger partial charge is 0.465 e. The summed E-state index contributed by atoms with van der Waals surface area (Å²) in [4.78, 5) is 28.8. The van der Waals surface area contributed by atoms with Crippen LogP contribution in [0.25, 0.3) is 0 Å². The fourth-order valence-electron chi connectivity index (χ4n) is 2.89. The molecular weight excluding hydrogens is 304 g/mol. The molecule has 0 aromatic heterocycles. The number of benzene rings is 2. The molecule has 124 valence electrons. The lowest BCUT2D eigenvalue weighted by Gasteiger charge is -2.39. The maximum atomic E-state index is 13.0. The molecule has 1 atom stereocenters. The average molecular weight is 324 g/mol. The van der Waals surface area contributed by atoms with Crippen LogP contribution in [0.1, 0.15) is 12.5 Å². The van der Waals surface area contributed by atoms with Gasteiger partial charge in [-0.3, -0.25) is 9.59 Å². The van der Waals surface area contributed by atoms with Crippen LogP contribution in [-0.2, 0) is 9.59 Å². The Balaban J connectivity index is 1.99. The van der Waals surface area contributed by atoms with Crippen molar-refractivity contribution >= 4 is 23.2 Å². The first-order valence-electron chi connectivity index (χ1n) is 7.75. The van der Waals surface area contributed by atoms with Crippen molar-refractivity contribution in [3.63, 3.8) is 0 Å². The number of hydrogen-bond donors (Lipinski definition) is 0. The number of amides is 2. The van der Waals surface area contributed by atoms with Gasteiger partial charge in [0.2, 0.25) is 0 Å². The van der Waals surface area contributed by atoms with E-state index in [1.54, 1.807) is 20.2 Å². The first-order chi connectivity index (χ1) is 11.3. The highest BCUT2D eigenvalue weighted by molar-refractivity contribution is 6.20. The van der Waals surface area contributed by atoms with E-state index in [1.165, 1.54) is 16.7 Å². The molecule has 2 amide bonds. The predicted octanol–water partition coefficient (Wildman–Crippen LogP) is 2.77. The summed E-state index contributed by atoms with van der Waals surface area (Å²) in [5, 5.41) is 0. The van der Waals surface area contributed by atoms with E-state index in [0.717, 1.165) is 5.56 Å². The average Bonchev–Trinajstić information content (AvgIpc) is 2.60. The van der Waals surface area contributed by atoms with Gasteiger partial charge in [0.05, 0.1) is 5.69 Å². The molecule has 24 heavy (non-hydrogen) atoms. The van der Waals surface area contributed by atoms with Crippen molar-refractivity contribution in [2.75, 3.05) is 23.9 Å². The lowest BCUT2D eigenvalue weighted by Crippen LogP contribution is -2.61. The number of aryl methyl sites for hydroxylation is 1. The monoisotopic (exact) mass is 324 g/mol. The van der Waals surface area contributed by atoms with E-state index < -0.39 is 11.5 Å². The fourth-order valence-corrected chi connectivity index (χ4v) is 2.89. The van der Waals surface area contributed by atoms with E-state index in [9.17, 15) is 9.59 Å². The normalized spacial score (nSPS) is 19.5. The van der Waals surface area contributed by atoms with Crippen LogP contribution in [0.3, 0.4) is 0 Å². The Hall–Kier alpha value is -2.82. The molecule has 1 aliphatic rings. The van der Waals surface area contributed by atoms with Gasteiger partial charge in [-0.25, -0.2) is 0 Å². The summed E-state index contributed by atoms with van der Waals surface area (Å²) >= 11 is 0. The Morgan fingerprint density at radius 3 is 2.50 bits per heavy atom. The van der Waals surface area contributed by atoms with Crippen molar-refractivity contribution < 1.29 is 14.3 Å². The van der Waals surface area contributed by atoms with E-state index in [2.05, 4.69) is 0 Å². The maximum absolute atomic E-state index is 13.0. The quantitative estimate of drug-likeness (QED) is 0.798. The van der Waals surface area contributed by atoms with E-state index in [1.807, 2.05) is 49.4 Å². The smallest absolute Gasteiger partial charge is 0.280 e. The van der Waals surface area contributed by atoms with Crippen LogP contribution in [-0.4, -0.2) is 31.5 Å². The molecule has 1 heterocycles. The van der Waals surface area contributed by atoms with Gasteiger partial charge in [-0.1, -0.05) is 24.3 Å². The Morgan fingerprint density at radius 2 is 1.83 bits per heavy atom. The van der Waals surface area contributed by atoms with Gasteiger partial charge in [0.25, 0.3) is 17.4 Å². The van der Waals surface area contributed by atoms with Crippen LogP contribution in [0.15, 0.2) is 48.5 Å². The number of anilines is 2. The van der Waals surface area contributed by atoms with Gasteiger partial charge < -0.3 is 14.5 Å². The Labute approximate surface area is 141 Å². The molecule has 5 heteroatoms. The second-order valence-electron chi connectivity index (χ2n) is 6.17. The minimum absolute atomic E-state index is 0.381. The number of rotatable bonds is 2.